The summed E-state index contributed by atoms with van der Waals surface area (Å²) in [5, 5.41) is 5.47. The van der Waals surface area contributed by atoms with Crippen LogP contribution in [0.15, 0.2) is 48.5 Å². The Bertz CT molecular complexity index is 727. The van der Waals surface area contributed by atoms with Crippen LogP contribution in [0.5, 0.6) is 0 Å². The summed E-state index contributed by atoms with van der Waals surface area (Å²) < 4.78 is 38.9. The maximum atomic E-state index is 13.0. The largest absolute Gasteiger partial charge is 0.418 e. The second-order valence-corrected chi connectivity index (χ2v) is 6.19. The summed E-state index contributed by atoms with van der Waals surface area (Å²) in [6.07, 6.45) is -4.55. The van der Waals surface area contributed by atoms with Crippen LogP contribution in [0.3, 0.4) is 0 Å². The van der Waals surface area contributed by atoms with Crippen molar-refractivity contribution in [2.24, 2.45) is 0 Å². The molecule has 0 aliphatic carbocycles. The van der Waals surface area contributed by atoms with Gasteiger partial charge in [-0.3, -0.25) is 0 Å². The number of halogens is 4. The summed E-state index contributed by atoms with van der Waals surface area (Å²) in [6.45, 7) is 3.48. The minimum atomic E-state index is -4.55. The van der Waals surface area contributed by atoms with E-state index < -0.39 is 23.3 Å². The molecule has 0 unspecified atom stereocenters. The van der Waals surface area contributed by atoms with Crippen molar-refractivity contribution in [3.05, 3.63) is 64.7 Å². The second-order valence-electron chi connectivity index (χ2n) is 5.75. The minimum absolute atomic E-state index is 0.297. The van der Waals surface area contributed by atoms with Gasteiger partial charge in [-0.25, -0.2) is 4.79 Å². The molecule has 0 spiro atoms. The quantitative estimate of drug-likeness (QED) is 0.758. The van der Waals surface area contributed by atoms with Crippen molar-refractivity contribution >= 4 is 23.3 Å². The second kappa shape index (κ2) is 6.73. The van der Waals surface area contributed by atoms with Crippen LogP contribution in [0.4, 0.5) is 23.7 Å². The summed E-state index contributed by atoms with van der Waals surface area (Å²) in [5.41, 5.74) is -1.22. The molecule has 0 aliphatic heterocycles. The number of para-hydroxylation sites is 1. The van der Waals surface area contributed by atoms with Crippen molar-refractivity contribution in [3.8, 4) is 0 Å². The number of nitrogens with one attached hydrogen (secondary N) is 2. The fourth-order valence-electron chi connectivity index (χ4n) is 2.22. The highest BCUT2D eigenvalue weighted by atomic mass is 35.5. The molecule has 2 rings (SSSR count). The number of benzene rings is 2. The van der Waals surface area contributed by atoms with E-state index in [9.17, 15) is 18.0 Å². The molecule has 0 atom stereocenters. The van der Waals surface area contributed by atoms with Crippen molar-refractivity contribution in [2.45, 2.75) is 25.6 Å². The smallest absolute Gasteiger partial charge is 0.329 e. The van der Waals surface area contributed by atoms with Gasteiger partial charge >= 0.3 is 12.2 Å². The minimum Gasteiger partial charge on any atom is -0.329 e. The van der Waals surface area contributed by atoms with Crippen LogP contribution in [0, 0.1) is 0 Å². The van der Waals surface area contributed by atoms with E-state index in [0.717, 1.165) is 11.6 Å². The van der Waals surface area contributed by atoms with Crippen LogP contribution < -0.4 is 10.6 Å². The molecule has 24 heavy (non-hydrogen) atoms. The van der Waals surface area contributed by atoms with Gasteiger partial charge in [-0.2, -0.15) is 13.2 Å². The van der Waals surface area contributed by atoms with Gasteiger partial charge in [-0.15, -0.1) is 0 Å². The fraction of sp³-hybridized carbons (Fsp3) is 0.235. The summed E-state index contributed by atoms with van der Waals surface area (Å²) in [5.74, 6) is 0. The predicted molar refractivity (Wildman–Crippen MR) is 88.1 cm³/mol. The molecule has 3 nitrogen and oxygen atoms in total. The first-order chi connectivity index (χ1) is 11.1. The molecule has 0 fully saturated rings. The molecule has 0 saturated carbocycles. The van der Waals surface area contributed by atoms with E-state index in [0.29, 0.717) is 5.02 Å². The Labute approximate surface area is 142 Å². The lowest BCUT2D eigenvalue weighted by Crippen LogP contribution is -2.43. The molecule has 2 amide bonds. The van der Waals surface area contributed by atoms with Crippen molar-refractivity contribution in [3.63, 3.8) is 0 Å². The lowest BCUT2D eigenvalue weighted by molar-refractivity contribution is -0.136. The van der Waals surface area contributed by atoms with Crippen LogP contribution in [-0.2, 0) is 11.7 Å². The van der Waals surface area contributed by atoms with Gasteiger partial charge < -0.3 is 10.6 Å². The average molecular weight is 357 g/mol. The molecule has 0 saturated heterocycles. The number of carbonyl (C=O) groups excluding carboxylic acids is 1. The highest BCUT2D eigenvalue weighted by molar-refractivity contribution is 6.30. The molecule has 0 aliphatic rings. The molecule has 2 aromatic rings. The number of alkyl halides is 3. The van der Waals surface area contributed by atoms with Crippen molar-refractivity contribution in [1.82, 2.24) is 5.32 Å². The summed E-state index contributed by atoms with van der Waals surface area (Å²) in [7, 11) is 0. The molecule has 0 bridgehead atoms. The van der Waals surface area contributed by atoms with Crippen LogP contribution in [0.1, 0.15) is 25.0 Å². The number of anilines is 1. The lowest BCUT2D eigenvalue weighted by Gasteiger charge is -2.27. The normalized spacial score (nSPS) is 11.9. The third kappa shape index (κ3) is 4.41. The van der Waals surface area contributed by atoms with Gasteiger partial charge in [0.25, 0.3) is 0 Å². The molecule has 2 N–H and O–H groups in total. The van der Waals surface area contributed by atoms with E-state index in [2.05, 4.69) is 10.6 Å². The van der Waals surface area contributed by atoms with E-state index in [1.54, 1.807) is 38.1 Å². The number of urea groups is 1. The maximum absolute atomic E-state index is 13.0. The Morgan fingerprint density at radius 1 is 1.00 bits per heavy atom. The van der Waals surface area contributed by atoms with E-state index in [1.807, 2.05) is 0 Å². The zero-order valence-electron chi connectivity index (χ0n) is 13.0. The average Bonchev–Trinajstić information content (AvgIpc) is 2.46. The highest BCUT2D eigenvalue weighted by Crippen LogP contribution is 2.34. The summed E-state index contributed by atoms with van der Waals surface area (Å²) in [6, 6.07) is 10.9. The zero-order valence-corrected chi connectivity index (χ0v) is 13.8. The van der Waals surface area contributed by atoms with Gasteiger partial charge in [-0.05, 0) is 43.7 Å². The maximum Gasteiger partial charge on any atom is 0.418 e. The zero-order chi connectivity index (χ0) is 18.0. The Hall–Kier alpha value is -2.21. The Balaban J connectivity index is 2.15. The number of hydrogen-bond acceptors (Lipinski definition) is 1. The number of carbonyl (C=O) groups is 1. The first-order valence-corrected chi connectivity index (χ1v) is 7.49. The Morgan fingerprint density at radius 2 is 1.58 bits per heavy atom. The molecule has 128 valence electrons. The predicted octanol–water partition coefficient (Wildman–Crippen LogP) is 5.42. The highest BCUT2D eigenvalue weighted by Gasteiger charge is 2.34. The van der Waals surface area contributed by atoms with Gasteiger partial charge in [0.2, 0.25) is 0 Å². The lowest BCUT2D eigenvalue weighted by atomic mass is 9.94. The number of amides is 2. The van der Waals surface area contributed by atoms with Crippen LogP contribution in [0.2, 0.25) is 5.02 Å². The van der Waals surface area contributed by atoms with E-state index in [-0.39, 0.29) is 5.69 Å². The first-order valence-electron chi connectivity index (χ1n) is 7.11. The Morgan fingerprint density at radius 3 is 2.17 bits per heavy atom. The standard InChI is InChI=1S/C17H16ClF3N2O/c1-16(2,11-7-9-12(18)10-8-11)23-15(24)22-14-6-4-3-5-13(14)17(19,20)21/h3-10H,1-2H3,(H2,22,23,24). The van der Waals surface area contributed by atoms with Gasteiger partial charge in [0.05, 0.1) is 16.8 Å². The van der Waals surface area contributed by atoms with Gasteiger partial charge in [0.15, 0.2) is 0 Å². The van der Waals surface area contributed by atoms with Crippen LogP contribution in [0.25, 0.3) is 0 Å². The van der Waals surface area contributed by atoms with Gasteiger partial charge in [-0.1, -0.05) is 35.9 Å². The SMILES string of the molecule is CC(C)(NC(=O)Nc1ccccc1C(F)(F)F)c1ccc(Cl)cc1. The summed E-state index contributed by atoms with van der Waals surface area (Å²) >= 11 is 5.83. The van der Waals surface area contributed by atoms with Crippen molar-refractivity contribution < 1.29 is 18.0 Å². The van der Waals surface area contributed by atoms with Crippen LogP contribution in [-0.4, -0.2) is 6.03 Å². The third-order valence-electron chi connectivity index (χ3n) is 3.47. The molecular formula is C17H16ClF3N2O. The first kappa shape index (κ1) is 18.1. The van der Waals surface area contributed by atoms with Gasteiger partial charge in [0, 0.05) is 5.02 Å². The fourth-order valence-corrected chi connectivity index (χ4v) is 2.34. The number of hydrogen-bond donors (Lipinski definition) is 2. The summed E-state index contributed by atoms with van der Waals surface area (Å²) in [4.78, 5) is 12.1. The topological polar surface area (TPSA) is 41.1 Å². The third-order valence-corrected chi connectivity index (χ3v) is 3.72. The molecule has 2 aromatic carbocycles. The van der Waals surface area contributed by atoms with Gasteiger partial charge in [0.1, 0.15) is 0 Å². The van der Waals surface area contributed by atoms with E-state index >= 15 is 0 Å². The van der Waals surface area contributed by atoms with Crippen LogP contribution >= 0.6 is 11.6 Å². The number of rotatable bonds is 3. The molecule has 0 radical (unpaired) electrons. The molecule has 0 heterocycles. The molecule has 7 heteroatoms. The van der Waals surface area contributed by atoms with Crippen molar-refractivity contribution in [2.75, 3.05) is 5.32 Å². The molecular weight excluding hydrogens is 341 g/mol. The Kier molecular flexibility index (Phi) is 5.08. The monoisotopic (exact) mass is 356 g/mol. The van der Waals surface area contributed by atoms with E-state index in [4.69, 9.17) is 11.6 Å². The van der Waals surface area contributed by atoms with Crippen molar-refractivity contribution in [1.29, 1.82) is 0 Å². The van der Waals surface area contributed by atoms with E-state index in [1.165, 1.54) is 18.2 Å². The molecule has 0 aromatic heterocycles.